The van der Waals surface area contributed by atoms with Crippen LogP contribution in [0.1, 0.15) is 0 Å². The summed E-state index contributed by atoms with van der Waals surface area (Å²) in [5.74, 6) is 0. The molecule has 2 rings (SSSR count). The zero-order valence-corrected chi connectivity index (χ0v) is 8.34. The van der Waals surface area contributed by atoms with Gasteiger partial charge in [0, 0.05) is 11.5 Å². The smallest absolute Gasteiger partial charge is 0.273 e. The van der Waals surface area contributed by atoms with Gasteiger partial charge in [0.1, 0.15) is 5.58 Å². The Labute approximate surface area is 81.6 Å². The second-order valence-electron chi connectivity index (χ2n) is 2.81. The van der Waals surface area contributed by atoms with Crippen molar-refractivity contribution in [2.75, 3.05) is 7.05 Å². The minimum Gasteiger partial charge on any atom is -0.443 e. The second kappa shape index (κ2) is 3.11. The molecule has 1 aromatic heterocycles. The van der Waals surface area contributed by atoms with Crippen LogP contribution in [0, 0.1) is 0 Å². The van der Waals surface area contributed by atoms with Crippen LogP contribution in [0.5, 0.6) is 0 Å². The molecular weight excluding hydrogens is 202 g/mol. The van der Waals surface area contributed by atoms with Crippen LogP contribution in [0.15, 0.2) is 39.8 Å². The van der Waals surface area contributed by atoms with Crippen molar-refractivity contribution in [2.45, 2.75) is 5.09 Å². The van der Waals surface area contributed by atoms with E-state index in [1.54, 1.807) is 18.2 Å². The lowest BCUT2D eigenvalue weighted by Crippen LogP contribution is -2.17. The van der Waals surface area contributed by atoms with Crippen molar-refractivity contribution in [1.82, 2.24) is 4.72 Å². The molecule has 74 valence electrons. The van der Waals surface area contributed by atoms with Gasteiger partial charge >= 0.3 is 0 Å². The third kappa shape index (κ3) is 1.40. The second-order valence-corrected chi connectivity index (χ2v) is 4.63. The van der Waals surface area contributed by atoms with Crippen LogP contribution in [0.4, 0.5) is 0 Å². The molecule has 0 aliphatic heterocycles. The molecule has 0 fully saturated rings. The molecule has 0 bridgehead atoms. The van der Waals surface area contributed by atoms with Crippen molar-refractivity contribution < 1.29 is 12.8 Å². The van der Waals surface area contributed by atoms with Gasteiger partial charge in [0.2, 0.25) is 5.09 Å². The third-order valence-corrected chi connectivity index (χ3v) is 3.20. The van der Waals surface area contributed by atoms with Gasteiger partial charge in [-0.15, -0.1) is 0 Å². The maximum atomic E-state index is 11.4. The Bertz CT molecular complexity index is 523. The number of hydrogen-bond donors (Lipinski definition) is 1. The monoisotopic (exact) mass is 211 g/mol. The van der Waals surface area contributed by atoms with E-state index in [0.29, 0.717) is 5.58 Å². The molecule has 1 heterocycles. The quantitative estimate of drug-likeness (QED) is 0.815. The highest BCUT2D eigenvalue weighted by Gasteiger charge is 2.16. The fourth-order valence-corrected chi connectivity index (χ4v) is 1.87. The van der Waals surface area contributed by atoms with Gasteiger partial charge in [0.25, 0.3) is 10.0 Å². The largest absolute Gasteiger partial charge is 0.443 e. The molecule has 1 aromatic carbocycles. The first-order valence-electron chi connectivity index (χ1n) is 4.05. The number of fused-ring (bicyclic) bond motifs is 1. The first-order valence-corrected chi connectivity index (χ1v) is 5.54. The predicted molar refractivity (Wildman–Crippen MR) is 52.5 cm³/mol. The van der Waals surface area contributed by atoms with Crippen LogP contribution in [-0.4, -0.2) is 15.5 Å². The normalized spacial score (nSPS) is 12.1. The van der Waals surface area contributed by atoms with Crippen molar-refractivity contribution in [2.24, 2.45) is 0 Å². The van der Waals surface area contributed by atoms with Crippen LogP contribution < -0.4 is 4.72 Å². The average molecular weight is 211 g/mol. The molecule has 1 N–H and O–H groups in total. The van der Waals surface area contributed by atoms with E-state index in [1.165, 1.54) is 13.1 Å². The molecular formula is C9H9NO3S. The first-order chi connectivity index (χ1) is 6.63. The SMILES string of the molecule is CNS(=O)(=O)c1cc2ccccc2o1. The summed E-state index contributed by atoms with van der Waals surface area (Å²) in [7, 11) is -2.13. The standard InChI is InChI=1S/C9H9NO3S/c1-10-14(11,12)9-6-7-4-2-3-5-8(7)13-9/h2-6,10H,1H3. The Morgan fingerprint density at radius 3 is 2.64 bits per heavy atom. The van der Waals surface area contributed by atoms with E-state index in [1.807, 2.05) is 6.07 Å². The maximum absolute atomic E-state index is 11.4. The molecule has 2 aromatic rings. The molecule has 0 saturated heterocycles. The zero-order chi connectivity index (χ0) is 10.2. The molecule has 0 amide bonds. The number of furan rings is 1. The third-order valence-electron chi connectivity index (χ3n) is 1.94. The molecule has 4 nitrogen and oxygen atoms in total. The van der Waals surface area contributed by atoms with E-state index in [9.17, 15) is 8.42 Å². The summed E-state index contributed by atoms with van der Waals surface area (Å²) < 4.78 is 30.1. The van der Waals surface area contributed by atoms with Crippen LogP contribution >= 0.6 is 0 Å². The molecule has 0 radical (unpaired) electrons. The topological polar surface area (TPSA) is 59.3 Å². The number of rotatable bonds is 2. The van der Waals surface area contributed by atoms with Gasteiger partial charge in [-0.2, -0.15) is 0 Å². The minimum absolute atomic E-state index is 0.0544. The van der Waals surface area contributed by atoms with E-state index in [0.717, 1.165) is 5.39 Å². The summed E-state index contributed by atoms with van der Waals surface area (Å²) in [6, 6.07) is 8.65. The van der Waals surface area contributed by atoms with E-state index in [2.05, 4.69) is 4.72 Å². The highest BCUT2D eigenvalue weighted by Crippen LogP contribution is 2.21. The van der Waals surface area contributed by atoms with Gasteiger partial charge in [-0.1, -0.05) is 18.2 Å². The van der Waals surface area contributed by atoms with Crippen LogP contribution in [0.25, 0.3) is 11.0 Å². The van der Waals surface area contributed by atoms with E-state index in [4.69, 9.17) is 4.42 Å². The predicted octanol–water partition coefficient (Wildman–Crippen LogP) is 1.34. The number of hydrogen-bond acceptors (Lipinski definition) is 3. The van der Waals surface area contributed by atoms with Gasteiger partial charge in [0.05, 0.1) is 0 Å². The van der Waals surface area contributed by atoms with Gasteiger partial charge in [-0.25, -0.2) is 13.1 Å². The average Bonchev–Trinajstić information content (AvgIpc) is 2.61. The summed E-state index contributed by atoms with van der Waals surface area (Å²) >= 11 is 0. The molecule has 14 heavy (non-hydrogen) atoms. The van der Waals surface area contributed by atoms with Crippen LogP contribution in [0.2, 0.25) is 0 Å². The van der Waals surface area contributed by atoms with Crippen molar-refractivity contribution in [3.8, 4) is 0 Å². The lowest BCUT2D eigenvalue weighted by atomic mass is 10.3. The molecule has 0 unspecified atom stereocenters. The molecule has 0 saturated carbocycles. The van der Waals surface area contributed by atoms with E-state index in [-0.39, 0.29) is 5.09 Å². The summed E-state index contributed by atoms with van der Waals surface area (Å²) in [4.78, 5) is 0. The van der Waals surface area contributed by atoms with Gasteiger partial charge in [-0.3, -0.25) is 0 Å². The highest BCUT2D eigenvalue weighted by atomic mass is 32.2. The Kier molecular flexibility index (Phi) is 2.05. The van der Waals surface area contributed by atoms with Gasteiger partial charge in [0.15, 0.2) is 0 Å². The lowest BCUT2D eigenvalue weighted by molar-refractivity contribution is 0.478. The number of nitrogens with one attached hydrogen (secondary N) is 1. The summed E-state index contributed by atoms with van der Waals surface area (Å²) in [6.07, 6.45) is 0. The summed E-state index contributed by atoms with van der Waals surface area (Å²) in [5.41, 5.74) is 0.571. The van der Waals surface area contributed by atoms with Gasteiger partial charge in [-0.05, 0) is 13.1 Å². The molecule has 0 atom stereocenters. The number of sulfonamides is 1. The first kappa shape index (κ1) is 9.23. The van der Waals surface area contributed by atoms with Crippen molar-refractivity contribution in [1.29, 1.82) is 0 Å². The molecule has 0 aliphatic carbocycles. The fraction of sp³-hybridized carbons (Fsp3) is 0.111. The molecule has 0 spiro atoms. The Morgan fingerprint density at radius 2 is 2.00 bits per heavy atom. The highest BCUT2D eigenvalue weighted by molar-refractivity contribution is 7.89. The van der Waals surface area contributed by atoms with E-state index < -0.39 is 10.0 Å². The number of para-hydroxylation sites is 1. The summed E-state index contributed by atoms with van der Waals surface area (Å²) in [6.45, 7) is 0. The number of benzene rings is 1. The Hall–Kier alpha value is -1.33. The van der Waals surface area contributed by atoms with Crippen molar-refractivity contribution in [3.63, 3.8) is 0 Å². The molecule has 0 aliphatic rings. The van der Waals surface area contributed by atoms with Gasteiger partial charge < -0.3 is 4.42 Å². The zero-order valence-electron chi connectivity index (χ0n) is 7.52. The molecule has 5 heteroatoms. The van der Waals surface area contributed by atoms with E-state index >= 15 is 0 Å². The van der Waals surface area contributed by atoms with Crippen molar-refractivity contribution >= 4 is 21.0 Å². The fourth-order valence-electron chi connectivity index (χ4n) is 1.19. The minimum atomic E-state index is -3.48. The van der Waals surface area contributed by atoms with Crippen LogP contribution in [0.3, 0.4) is 0 Å². The van der Waals surface area contributed by atoms with Crippen molar-refractivity contribution in [3.05, 3.63) is 30.3 Å². The van der Waals surface area contributed by atoms with Crippen LogP contribution in [-0.2, 0) is 10.0 Å². The Morgan fingerprint density at radius 1 is 1.29 bits per heavy atom. The maximum Gasteiger partial charge on any atom is 0.273 e. The Balaban J connectivity index is 2.67. The lowest BCUT2D eigenvalue weighted by Gasteiger charge is -1.94. The summed E-state index contributed by atoms with van der Waals surface area (Å²) in [5, 5.41) is 0.725.